The predicted octanol–water partition coefficient (Wildman–Crippen LogP) is 0.816. The van der Waals surface area contributed by atoms with Crippen LogP contribution in [-0.2, 0) is 0 Å². The molecule has 1 aliphatic rings. The zero-order valence-corrected chi connectivity index (χ0v) is 10.6. The Bertz CT molecular complexity index is 499. The Morgan fingerprint density at radius 3 is 2.56 bits per heavy atom. The van der Waals surface area contributed by atoms with Crippen LogP contribution in [0.5, 0.6) is 0 Å². The summed E-state index contributed by atoms with van der Waals surface area (Å²) in [6.07, 6.45) is 0. The van der Waals surface area contributed by atoms with E-state index in [-0.39, 0.29) is 11.8 Å². The second kappa shape index (κ2) is 4.78. The number of rotatable bonds is 4. The van der Waals surface area contributed by atoms with Gasteiger partial charge in [0.25, 0.3) is 11.8 Å². The number of nitrogen functional groups attached to an aromatic ring is 1. The van der Waals surface area contributed by atoms with Gasteiger partial charge >= 0.3 is 0 Å². The number of carbonyl (C=O) groups is 2. The van der Waals surface area contributed by atoms with Crippen LogP contribution in [0.15, 0.2) is 18.2 Å². The third-order valence-corrected chi connectivity index (χ3v) is 3.24. The average Bonchev–Trinajstić information content (AvgIpc) is 2.59. The summed E-state index contributed by atoms with van der Waals surface area (Å²) in [5.41, 5.74) is 7.01. The Kier molecular flexibility index (Phi) is 3.34. The molecule has 0 atom stereocenters. The third-order valence-electron chi connectivity index (χ3n) is 3.24. The second-order valence-electron chi connectivity index (χ2n) is 4.46. The van der Waals surface area contributed by atoms with E-state index in [2.05, 4.69) is 4.90 Å². The van der Waals surface area contributed by atoms with Crippen molar-refractivity contribution < 1.29 is 9.59 Å². The lowest BCUT2D eigenvalue weighted by Gasteiger charge is -2.18. The molecule has 2 N–H and O–H groups in total. The SMILES string of the molecule is CCN(C)CCN1C(=O)c2ccc(N)cc2C1=O. The molecule has 1 heterocycles. The highest BCUT2D eigenvalue weighted by atomic mass is 16.2. The summed E-state index contributed by atoms with van der Waals surface area (Å²) in [5, 5.41) is 0. The van der Waals surface area contributed by atoms with Gasteiger partial charge in [0.2, 0.25) is 0 Å². The number of carbonyl (C=O) groups excluding carboxylic acids is 2. The second-order valence-corrected chi connectivity index (χ2v) is 4.46. The molecule has 0 bridgehead atoms. The van der Waals surface area contributed by atoms with Crippen LogP contribution in [0.3, 0.4) is 0 Å². The fourth-order valence-corrected chi connectivity index (χ4v) is 1.94. The molecule has 0 saturated carbocycles. The molecule has 0 aliphatic carbocycles. The van der Waals surface area contributed by atoms with Gasteiger partial charge in [-0.3, -0.25) is 14.5 Å². The highest BCUT2D eigenvalue weighted by molar-refractivity contribution is 6.21. The lowest BCUT2D eigenvalue weighted by Crippen LogP contribution is -2.36. The van der Waals surface area contributed by atoms with Crippen LogP contribution in [0.2, 0.25) is 0 Å². The van der Waals surface area contributed by atoms with Crippen LogP contribution >= 0.6 is 0 Å². The fraction of sp³-hybridized carbons (Fsp3) is 0.385. The van der Waals surface area contributed by atoms with Crippen LogP contribution in [0, 0.1) is 0 Å². The first-order valence-corrected chi connectivity index (χ1v) is 5.99. The van der Waals surface area contributed by atoms with Crippen LogP contribution in [-0.4, -0.2) is 48.3 Å². The van der Waals surface area contributed by atoms with E-state index in [0.29, 0.717) is 29.9 Å². The van der Waals surface area contributed by atoms with Crippen molar-refractivity contribution in [3.8, 4) is 0 Å². The summed E-state index contributed by atoms with van der Waals surface area (Å²) in [6, 6.07) is 4.83. The van der Waals surface area contributed by atoms with E-state index in [9.17, 15) is 9.59 Å². The standard InChI is InChI=1S/C13H17N3O2/c1-3-15(2)6-7-16-12(17)10-5-4-9(14)8-11(10)13(16)18/h4-5,8H,3,6-7,14H2,1-2H3. The number of imide groups is 1. The molecule has 0 unspecified atom stereocenters. The minimum Gasteiger partial charge on any atom is -0.399 e. The van der Waals surface area contributed by atoms with Crippen LogP contribution in [0.1, 0.15) is 27.6 Å². The number of hydrogen-bond acceptors (Lipinski definition) is 4. The first kappa shape index (κ1) is 12.6. The third kappa shape index (κ3) is 2.09. The van der Waals surface area contributed by atoms with E-state index in [0.717, 1.165) is 6.54 Å². The maximum atomic E-state index is 12.1. The summed E-state index contributed by atoms with van der Waals surface area (Å²) in [5.74, 6) is -0.466. The molecule has 0 fully saturated rings. The number of anilines is 1. The van der Waals surface area contributed by atoms with Crippen molar-refractivity contribution in [3.63, 3.8) is 0 Å². The first-order valence-electron chi connectivity index (χ1n) is 5.99. The summed E-state index contributed by atoms with van der Waals surface area (Å²) >= 11 is 0. The topological polar surface area (TPSA) is 66.6 Å². The molecule has 1 aromatic carbocycles. The molecule has 0 radical (unpaired) electrons. The van der Waals surface area contributed by atoms with E-state index in [1.54, 1.807) is 18.2 Å². The van der Waals surface area contributed by atoms with E-state index in [4.69, 9.17) is 5.73 Å². The maximum absolute atomic E-state index is 12.1. The highest BCUT2D eigenvalue weighted by Gasteiger charge is 2.35. The molecule has 18 heavy (non-hydrogen) atoms. The van der Waals surface area contributed by atoms with Gasteiger partial charge in [-0.25, -0.2) is 0 Å². The number of fused-ring (bicyclic) bond motifs is 1. The summed E-state index contributed by atoms with van der Waals surface area (Å²) in [7, 11) is 1.95. The lowest BCUT2D eigenvalue weighted by molar-refractivity contribution is 0.0642. The number of hydrogen-bond donors (Lipinski definition) is 1. The zero-order valence-electron chi connectivity index (χ0n) is 10.6. The minimum absolute atomic E-state index is 0.223. The molecule has 1 aliphatic heterocycles. The predicted molar refractivity (Wildman–Crippen MR) is 69.4 cm³/mol. The monoisotopic (exact) mass is 247 g/mol. The Morgan fingerprint density at radius 2 is 1.89 bits per heavy atom. The fourth-order valence-electron chi connectivity index (χ4n) is 1.94. The number of nitrogens with two attached hydrogens (primary N) is 1. The van der Waals surface area contributed by atoms with E-state index in [1.165, 1.54) is 4.90 Å². The van der Waals surface area contributed by atoms with Crippen molar-refractivity contribution in [2.24, 2.45) is 0 Å². The van der Waals surface area contributed by atoms with Gasteiger partial charge in [-0.1, -0.05) is 6.92 Å². The zero-order chi connectivity index (χ0) is 13.3. The molecule has 0 spiro atoms. The number of nitrogens with zero attached hydrogens (tertiary/aromatic N) is 2. The van der Waals surface area contributed by atoms with Gasteiger partial charge in [0.15, 0.2) is 0 Å². The van der Waals surface area contributed by atoms with Crippen molar-refractivity contribution >= 4 is 17.5 Å². The lowest BCUT2D eigenvalue weighted by atomic mass is 10.1. The average molecular weight is 247 g/mol. The van der Waals surface area contributed by atoms with Crippen LogP contribution in [0.4, 0.5) is 5.69 Å². The van der Waals surface area contributed by atoms with Gasteiger partial charge in [-0.2, -0.15) is 0 Å². The molecule has 96 valence electrons. The first-order chi connectivity index (χ1) is 8.54. The van der Waals surface area contributed by atoms with Crippen molar-refractivity contribution in [1.29, 1.82) is 0 Å². The molecular formula is C13H17N3O2. The van der Waals surface area contributed by atoms with Crippen LogP contribution in [0.25, 0.3) is 0 Å². The van der Waals surface area contributed by atoms with Crippen molar-refractivity contribution in [2.45, 2.75) is 6.92 Å². The van der Waals surface area contributed by atoms with E-state index >= 15 is 0 Å². The quantitative estimate of drug-likeness (QED) is 0.632. The normalized spacial score (nSPS) is 14.5. The molecule has 0 saturated heterocycles. The number of likely N-dealkylation sites (N-methyl/N-ethyl adjacent to an activating group) is 1. The van der Waals surface area contributed by atoms with Crippen molar-refractivity contribution in [3.05, 3.63) is 29.3 Å². The molecule has 1 aromatic rings. The summed E-state index contributed by atoms with van der Waals surface area (Å²) in [4.78, 5) is 27.5. The molecule has 2 rings (SSSR count). The van der Waals surface area contributed by atoms with Gasteiger partial charge in [0.05, 0.1) is 11.1 Å². The highest BCUT2D eigenvalue weighted by Crippen LogP contribution is 2.24. The molecule has 2 amide bonds. The smallest absolute Gasteiger partial charge is 0.261 e. The largest absolute Gasteiger partial charge is 0.399 e. The molecule has 5 nitrogen and oxygen atoms in total. The van der Waals surface area contributed by atoms with Gasteiger partial charge in [-0.05, 0) is 31.8 Å². The molecule has 5 heteroatoms. The van der Waals surface area contributed by atoms with E-state index < -0.39 is 0 Å². The Hall–Kier alpha value is -1.88. The Labute approximate surface area is 106 Å². The Morgan fingerprint density at radius 1 is 1.22 bits per heavy atom. The van der Waals surface area contributed by atoms with Crippen molar-refractivity contribution in [1.82, 2.24) is 9.80 Å². The van der Waals surface area contributed by atoms with E-state index in [1.807, 2.05) is 14.0 Å². The van der Waals surface area contributed by atoms with Gasteiger partial charge in [0.1, 0.15) is 0 Å². The molecular weight excluding hydrogens is 230 g/mol. The van der Waals surface area contributed by atoms with Gasteiger partial charge < -0.3 is 10.6 Å². The number of amides is 2. The van der Waals surface area contributed by atoms with Crippen molar-refractivity contribution in [2.75, 3.05) is 32.4 Å². The van der Waals surface area contributed by atoms with Gasteiger partial charge in [-0.15, -0.1) is 0 Å². The molecule has 0 aromatic heterocycles. The van der Waals surface area contributed by atoms with Crippen LogP contribution < -0.4 is 5.73 Å². The van der Waals surface area contributed by atoms with Gasteiger partial charge in [0, 0.05) is 18.8 Å². The Balaban J connectivity index is 2.18. The summed E-state index contributed by atoms with van der Waals surface area (Å²) < 4.78 is 0. The number of benzene rings is 1. The minimum atomic E-state index is -0.244. The maximum Gasteiger partial charge on any atom is 0.261 e. The summed E-state index contributed by atoms with van der Waals surface area (Å²) in [6.45, 7) is 4.01.